The molecule has 0 unspecified atom stereocenters. The van der Waals surface area contributed by atoms with E-state index < -0.39 is 0 Å². The third-order valence-electron chi connectivity index (χ3n) is 5.62. The lowest BCUT2D eigenvalue weighted by Crippen LogP contribution is -2.52. The Kier molecular flexibility index (Phi) is 5.85. The van der Waals surface area contributed by atoms with Crippen molar-refractivity contribution in [2.75, 3.05) is 38.2 Å². The Labute approximate surface area is 175 Å². The van der Waals surface area contributed by atoms with Gasteiger partial charge in [0.2, 0.25) is 5.91 Å². The maximum Gasteiger partial charge on any atom is 0.251 e. The molecule has 0 bridgehead atoms. The zero-order valence-corrected chi connectivity index (χ0v) is 17.1. The van der Waals surface area contributed by atoms with Crippen LogP contribution in [0.2, 0.25) is 5.02 Å². The van der Waals surface area contributed by atoms with Gasteiger partial charge >= 0.3 is 0 Å². The maximum atomic E-state index is 13.0. The molecule has 4 rings (SSSR count). The number of ether oxygens (including phenoxy) is 1. The van der Waals surface area contributed by atoms with Crippen molar-refractivity contribution in [3.8, 4) is 5.75 Å². The molecule has 2 aliphatic rings. The fourth-order valence-electron chi connectivity index (χ4n) is 3.98. The summed E-state index contributed by atoms with van der Waals surface area (Å²) in [5.74, 6) is 0.418. The van der Waals surface area contributed by atoms with E-state index in [1.807, 2.05) is 24.3 Å². The van der Waals surface area contributed by atoms with Crippen LogP contribution in [0.4, 0.5) is 5.69 Å². The van der Waals surface area contributed by atoms with E-state index in [0.29, 0.717) is 11.4 Å². The second-order valence-corrected chi connectivity index (χ2v) is 7.86. The van der Waals surface area contributed by atoms with E-state index in [2.05, 4.69) is 9.80 Å². The first-order chi connectivity index (χ1) is 14.0. The molecule has 0 spiro atoms. The molecule has 6 nitrogen and oxygen atoms in total. The Morgan fingerprint density at radius 3 is 2.24 bits per heavy atom. The predicted octanol–water partition coefficient (Wildman–Crippen LogP) is 2.80. The molecule has 152 valence electrons. The average molecular weight is 414 g/mol. The summed E-state index contributed by atoms with van der Waals surface area (Å²) in [4.78, 5) is 31.3. The van der Waals surface area contributed by atoms with Crippen LogP contribution in [-0.4, -0.2) is 60.9 Å². The zero-order chi connectivity index (χ0) is 20.4. The second-order valence-electron chi connectivity index (χ2n) is 7.42. The van der Waals surface area contributed by atoms with Crippen LogP contribution in [0.3, 0.4) is 0 Å². The van der Waals surface area contributed by atoms with Crippen molar-refractivity contribution in [1.82, 2.24) is 9.80 Å². The lowest BCUT2D eigenvalue weighted by molar-refractivity contribution is -0.123. The van der Waals surface area contributed by atoms with Gasteiger partial charge in [-0.05, 0) is 42.0 Å². The molecule has 0 aliphatic carbocycles. The van der Waals surface area contributed by atoms with Crippen molar-refractivity contribution in [3.63, 3.8) is 0 Å². The van der Waals surface area contributed by atoms with E-state index >= 15 is 0 Å². The van der Waals surface area contributed by atoms with Gasteiger partial charge in [-0.2, -0.15) is 0 Å². The Morgan fingerprint density at radius 1 is 0.966 bits per heavy atom. The second kappa shape index (κ2) is 8.53. The number of methoxy groups -OCH3 is 1. The van der Waals surface area contributed by atoms with Gasteiger partial charge in [-0.1, -0.05) is 23.7 Å². The Bertz CT molecular complexity index is 877. The van der Waals surface area contributed by atoms with E-state index in [9.17, 15) is 9.59 Å². The minimum absolute atomic E-state index is 0.133. The van der Waals surface area contributed by atoms with Crippen molar-refractivity contribution < 1.29 is 14.3 Å². The largest absolute Gasteiger partial charge is 0.497 e. The number of nitrogens with zero attached hydrogens (tertiary/aromatic N) is 3. The highest BCUT2D eigenvalue weighted by molar-refractivity contribution is 6.30. The normalized spacial score (nSPS) is 21.0. The van der Waals surface area contributed by atoms with Gasteiger partial charge in [-0.15, -0.1) is 0 Å². The highest BCUT2D eigenvalue weighted by Crippen LogP contribution is 2.28. The molecule has 2 amide bonds. The summed E-state index contributed by atoms with van der Waals surface area (Å²) in [6.45, 7) is 4.13. The summed E-state index contributed by atoms with van der Waals surface area (Å²) in [5.41, 5.74) is 1.82. The topological polar surface area (TPSA) is 53.1 Å². The molecule has 0 saturated carbocycles. The molecule has 1 atom stereocenters. The first-order valence-electron chi connectivity index (χ1n) is 9.77. The summed E-state index contributed by atoms with van der Waals surface area (Å²) in [6, 6.07) is 14.6. The van der Waals surface area contributed by atoms with Gasteiger partial charge in [0, 0.05) is 37.7 Å². The summed E-state index contributed by atoms with van der Waals surface area (Å²) >= 11 is 5.95. The first kappa shape index (κ1) is 19.9. The highest BCUT2D eigenvalue weighted by atomic mass is 35.5. The standard InChI is InChI=1S/C22H24ClN3O3/c1-29-19-8-6-18(7-9-19)26-21(27)14-20(22(26)28)25-12-10-24(11-13-25)15-16-2-4-17(23)5-3-16/h2-9,20H,10-15H2,1H3/t20-/m1/s1. The third-order valence-corrected chi connectivity index (χ3v) is 5.87. The molecule has 2 aliphatic heterocycles. The van der Waals surface area contributed by atoms with Gasteiger partial charge in [0.05, 0.1) is 25.3 Å². The van der Waals surface area contributed by atoms with E-state index in [1.54, 1.807) is 31.4 Å². The quantitative estimate of drug-likeness (QED) is 0.705. The predicted molar refractivity (Wildman–Crippen MR) is 112 cm³/mol. The van der Waals surface area contributed by atoms with Crippen LogP contribution in [0.25, 0.3) is 0 Å². The fraction of sp³-hybridized carbons (Fsp3) is 0.364. The number of hydrogen-bond acceptors (Lipinski definition) is 5. The van der Waals surface area contributed by atoms with Crippen LogP contribution >= 0.6 is 11.6 Å². The molecular formula is C22H24ClN3O3. The number of benzene rings is 2. The minimum Gasteiger partial charge on any atom is -0.497 e. The Hall–Kier alpha value is -2.41. The summed E-state index contributed by atoms with van der Waals surface area (Å²) in [5, 5.41) is 0.740. The Balaban J connectivity index is 1.36. The van der Waals surface area contributed by atoms with E-state index in [4.69, 9.17) is 16.3 Å². The molecule has 0 N–H and O–H groups in total. The molecule has 2 aromatic carbocycles. The van der Waals surface area contributed by atoms with Gasteiger partial charge in [-0.3, -0.25) is 19.4 Å². The lowest BCUT2D eigenvalue weighted by Gasteiger charge is -2.37. The van der Waals surface area contributed by atoms with Gasteiger partial charge in [0.15, 0.2) is 0 Å². The molecule has 2 heterocycles. The van der Waals surface area contributed by atoms with E-state index in [-0.39, 0.29) is 24.3 Å². The van der Waals surface area contributed by atoms with Crippen LogP contribution in [0.15, 0.2) is 48.5 Å². The third kappa shape index (κ3) is 4.29. The average Bonchev–Trinajstić information content (AvgIpc) is 3.04. The van der Waals surface area contributed by atoms with Gasteiger partial charge < -0.3 is 4.74 Å². The highest BCUT2D eigenvalue weighted by Gasteiger charge is 2.43. The molecule has 0 radical (unpaired) electrons. The van der Waals surface area contributed by atoms with Crippen LogP contribution in [0.1, 0.15) is 12.0 Å². The molecule has 0 aromatic heterocycles. The number of hydrogen-bond donors (Lipinski definition) is 0. The van der Waals surface area contributed by atoms with E-state index in [0.717, 1.165) is 37.7 Å². The zero-order valence-electron chi connectivity index (χ0n) is 16.4. The molecule has 2 saturated heterocycles. The van der Waals surface area contributed by atoms with Crippen LogP contribution in [0, 0.1) is 0 Å². The van der Waals surface area contributed by atoms with Crippen molar-refractivity contribution in [2.24, 2.45) is 0 Å². The number of rotatable bonds is 5. The summed E-state index contributed by atoms with van der Waals surface area (Å²) < 4.78 is 5.15. The first-order valence-corrected chi connectivity index (χ1v) is 10.1. The van der Waals surface area contributed by atoms with E-state index in [1.165, 1.54) is 10.5 Å². The molecular weight excluding hydrogens is 390 g/mol. The van der Waals surface area contributed by atoms with Crippen LogP contribution < -0.4 is 9.64 Å². The number of carbonyl (C=O) groups is 2. The fourth-order valence-corrected chi connectivity index (χ4v) is 4.11. The smallest absolute Gasteiger partial charge is 0.251 e. The van der Waals surface area contributed by atoms with Crippen LogP contribution in [0.5, 0.6) is 5.75 Å². The van der Waals surface area contributed by atoms with Crippen molar-refractivity contribution in [2.45, 2.75) is 19.0 Å². The monoisotopic (exact) mass is 413 g/mol. The minimum atomic E-state index is -0.373. The maximum absolute atomic E-state index is 13.0. The van der Waals surface area contributed by atoms with Gasteiger partial charge in [0.1, 0.15) is 5.75 Å². The SMILES string of the molecule is COc1ccc(N2C(=O)C[C@@H](N3CCN(Cc4ccc(Cl)cc4)CC3)C2=O)cc1. The van der Waals surface area contributed by atoms with Crippen LogP contribution in [-0.2, 0) is 16.1 Å². The Morgan fingerprint density at radius 2 is 1.62 bits per heavy atom. The lowest BCUT2D eigenvalue weighted by atomic mass is 10.1. The number of carbonyl (C=O) groups excluding carboxylic acids is 2. The molecule has 7 heteroatoms. The molecule has 2 fully saturated rings. The summed E-state index contributed by atoms with van der Waals surface area (Å²) in [7, 11) is 1.59. The number of imide groups is 1. The number of halogens is 1. The number of amides is 2. The number of anilines is 1. The van der Waals surface area contributed by atoms with Gasteiger partial charge in [-0.25, -0.2) is 4.90 Å². The van der Waals surface area contributed by atoms with Crippen molar-refractivity contribution >= 4 is 29.1 Å². The van der Waals surface area contributed by atoms with Gasteiger partial charge in [0.25, 0.3) is 5.91 Å². The molecule has 2 aromatic rings. The summed E-state index contributed by atoms with van der Waals surface area (Å²) in [6.07, 6.45) is 0.238. The van der Waals surface area contributed by atoms with Crippen molar-refractivity contribution in [1.29, 1.82) is 0 Å². The molecule has 29 heavy (non-hydrogen) atoms. The number of piperazine rings is 1. The van der Waals surface area contributed by atoms with Crippen molar-refractivity contribution in [3.05, 3.63) is 59.1 Å².